The van der Waals surface area contributed by atoms with Gasteiger partial charge in [0.25, 0.3) is 0 Å². The van der Waals surface area contributed by atoms with Gasteiger partial charge in [-0.2, -0.15) is 4.98 Å². The molecule has 21 heavy (non-hydrogen) atoms. The molecule has 1 heterocycles. The fourth-order valence-corrected chi connectivity index (χ4v) is 2.01. The Morgan fingerprint density at radius 1 is 1.29 bits per heavy atom. The molecule has 1 aromatic heterocycles. The number of Topliss-reactive ketones (excluding diaryl/α,β-unsaturated/α-hetero) is 1. The first kappa shape index (κ1) is 15.3. The van der Waals surface area contributed by atoms with Gasteiger partial charge in [-0.3, -0.25) is 4.79 Å². The summed E-state index contributed by atoms with van der Waals surface area (Å²) in [4.78, 5) is 19.9. The van der Waals surface area contributed by atoms with Crippen molar-refractivity contribution < 1.29 is 14.3 Å². The van der Waals surface area contributed by atoms with E-state index in [1.54, 1.807) is 7.11 Å². The largest absolute Gasteiger partial charge is 0.497 e. The maximum absolute atomic E-state index is 11.6. The van der Waals surface area contributed by atoms with Gasteiger partial charge in [-0.25, -0.2) is 4.98 Å². The molecular formula is C15H16N2O3S. The van der Waals surface area contributed by atoms with Crippen molar-refractivity contribution >= 4 is 17.5 Å². The van der Waals surface area contributed by atoms with Gasteiger partial charge in [-0.1, -0.05) is 23.9 Å². The smallest absolute Gasteiger partial charge is 0.228 e. The predicted octanol–water partition coefficient (Wildman–Crippen LogP) is 2.99. The first-order chi connectivity index (χ1) is 10.1. The zero-order chi connectivity index (χ0) is 15.2. The molecule has 0 atom stereocenters. The molecule has 0 saturated carbocycles. The standard InChI is InChI=1S/C15H16N2O3S/c1-10(18)13-8-16-15(21-3)17-14(13)20-9-11-4-6-12(19-2)7-5-11/h4-8H,9H2,1-3H3. The summed E-state index contributed by atoms with van der Waals surface area (Å²) in [5.41, 5.74) is 1.36. The zero-order valence-corrected chi connectivity index (χ0v) is 12.9. The minimum atomic E-state index is -0.118. The van der Waals surface area contributed by atoms with E-state index in [1.165, 1.54) is 24.9 Å². The van der Waals surface area contributed by atoms with Crippen molar-refractivity contribution in [1.29, 1.82) is 0 Å². The van der Waals surface area contributed by atoms with Gasteiger partial charge in [-0.05, 0) is 30.9 Å². The number of carbonyl (C=O) groups is 1. The molecule has 0 saturated heterocycles. The molecule has 0 fully saturated rings. The highest BCUT2D eigenvalue weighted by molar-refractivity contribution is 7.98. The average molecular weight is 304 g/mol. The molecule has 2 aromatic rings. The average Bonchev–Trinajstić information content (AvgIpc) is 2.52. The van der Waals surface area contributed by atoms with E-state index in [4.69, 9.17) is 9.47 Å². The zero-order valence-electron chi connectivity index (χ0n) is 12.1. The molecule has 5 nitrogen and oxygen atoms in total. The molecule has 0 bridgehead atoms. The van der Waals surface area contributed by atoms with E-state index in [0.717, 1.165) is 11.3 Å². The molecule has 0 aliphatic carbocycles. The maximum atomic E-state index is 11.6. The van der Waals surface area contributed by atoms with E-state index < -0.39 is 0 Å². The first-order valence-electron chi connectivity index (χ1n) is 6.31. The quantitative estimate of drug-likeness (QED) is 0.464. The highest BCUT2D eigenvalue weighted by Crippen LogP contribution is 2.21. The third-order valence-corrected chi connectivity index (χ3v) is 3.39. The second-order valence-electron chi connectivity index (χ2n) is 4.27. The lowest BCUT2D eigenvalue weighted by molar-refractivity contribution is 0.101. The molecule has 1 aromatic carbocycles. The SMILES string of the molecule is COc1ccc(COc2nc(SC)ncc2C(C)=O)cc1. The Kier molecular flexibility index (Phi) is 5.16. The second-order valence-corrected chi connectivity index (χ2v) is 5.04. The third kappa shape index (κ3) is 3.95. The molecule has 2 rings (SSSR count). The van der Waals surface area contributed by atoms with E-state index in [1.807, 2.05) is 30.5 Å². The van der Waals surface area contributed by atoms with E-state index in [0.29, 0.717) is 23.2 Å². The van der Waals surface area contributed by atoms with Crippen molar-refractivity contribution in [2.24, 2.45) is 0 Å². The van der Waals surface area contributed by atoms with Crippen LogP contribution in [-0.2, 0) is 6.61 Å². The number of rotatable bonds is 6. The Morgan fingerprint density at radius 2 is 2.00 bits per heavy atom. The van der Waals surface area contributed by atoms with Crippen LogP contribution in [0.1, 0.15) is 22.8 Å². The normalized spacial score (nSPS) is 10.2. The van der Waals surface area contributed by atoms with Gasteiger partial charge in [0.15, 0.2) is 10.9 Å². The van der Waals surface area contributed by atoms with Gasteiger partial charge in [-0.15, -0.1) is 0 Å². The number of benzene rings is 1. The van der Waals surface area contributed by atoms with E-state index in [2.05, 4.69) is 9.97 Å². The van der Waals surface area contributed by atoms with Crippen LogP contribution in [0.15, 0.2) is 35.6 Å². The molecule has 110 valence electrons. The molecule has 6 heteroatoms. The van der Waals surface area contributed by atoms with Crippen molar-refractivity contribution in [3.63, 3.8) is 0 Å². The summed E-state index contributed by atoms with van der Waals surface area (Å²) >= 11 is 1.40. The minimum absolute atomic E-state index is 0.118. The van der Waals surface area contributed by atoms with Crippen LogP contribution >= 0.6 is 11.8 Å². The lowest BCUT2D eigenvalue weighted by Crippen LogP contribution is -2.05. The number of ketones is 1. The number of nitrogens with zero attached hydrogens (tertiary/aromatic N) is 2. The van der Waals surface area contributed by atoms with Crippen molar-refractivity contribution in [2.45, 2.75) is 18.7 Å². The topological polar surface area (TPSA) is 61.3 Å². The Labute approximate surface area is 127 Å². The summed E-state index contributed by atoms with van der Waals surface area (Å²) < 4.78 is 10.8. The van der Waals surface area contributed by atoms with Crippen molar-refractivity contribution in [3.05, 3.63) is 41.6 Å². The van der Waals surface area contributed by atoms with Gasteiger partial charge in [0, 0.05) is 6.20 Å². The van der Waals surface area contributed by atoms with Gasteiger partial charge in [0.1, 0.15) is 12.4 Å². The van der Waals surface area contributed by atoms with Crippen LogP contribution in [0.4, 0.5) is 0 Å². The Hall–Kier alpha value is -2.08. The lowest BCUT2D eigenvalue weighted by atomic mass is 10.2. The molecule has 0 unspecified atom stereocenters. The first-order valence-corrected chi connectivity index (χ1v) is 7.54. The van der Waals surface area contributed by atoms with Crippen molar-refractivity contribution in [3.8, 4) is 11.6 Å². The fraction of sp³-hybridized carbons (Fsp3) is 0.267. The van der Waals surface area contributed by atoms with Gasteiger partial charge in [0.05, 0.1) is 12.7 Å². The van der Waals surface area contributed by atoms with Crippen molar-refractivity contribution in [2.75, 3.05) is 13.4 Å². The van der Waals surface area contributed by atoms with Crippen LogP contribution in [-0.4, -0.2) is 29.1 Å². The van der Waals surface area contributed by atoms with Crippen molar-refractivity contribution in [1.82, 2.24) is 9.97 Å². The Bertz CT molecular complexity index is 629. The summed E-state index contributed by atoms with van der Waals surface area (Å²) in [6.45, 7) is 1.80. The molecule has 0 spiro atoms. The summed E-state index contributed by atoms with van der Waals surface area (Å²) in [6.07, 6.45) is 3.38. The van der Waals surface area contributed by atoms with E-state index in [-0.39, 0.29) is 5.78 Å². The molecular weight excluding hydrogens is 288 g/mol. The van der Waals surface area contributed by atoms with Gasteiger partial charge < -0.3 is 9.47 Å². The molecule has 0 aliphatic heterocycles. The number of carbonyl (C=O) groups excluding carboxylic acids is 1. The number of thioether (sulfide) groups is 1. The number of hydrogen-bond donors (Lipinski definition) is 0. The fourth-order valence-electron chi connectivity index (χ4n) is 1.67. The molecule has 0 amide bonds. The van der Waals surface area contributed by atoms with Crippen LogP contribution in [0.25, 0.3) is 0 Å². The summed E-state index contributed by atoms with van der Waals surface area (Å²) in [5.74, 6) is 0.986. The monoisotopic (exact) mass is 304 g/mol. The van der Waals surface area contributed by atoms with Gasteiger partial charge >= 0.3 is 0 Å². The lowest BCUT2D eigenvalue weighted by Gasteiger charge is -2.09. The minimum Gasteiger partial charge on any atom is -0.497 e. The summed E-state index contributed by atoms with van der Waals surface area (Å²) in [7, 11) is 1.62. The van der Waals surface area contributed by atoms with Crippen LogP contribution in [0.5, 0.6) is 11.6 Å². The number of aromatic nitrogens is 2. The van der Waals surface area contributed by atoms with E-state index in [9.17, 15) is 4.79 Å². The summed E-state index contributed by atoms with van der Waals surface area (Å²) in [5, 5.41) is 0.574. The highest BCUT2D eigenvalue weighted by Gasteiger charge is 2.12. The van der Waals surface area contributed by atoms with Crippen LogP contribution in [0.2, 0.25) is 0 Å². The second kappa shape index (κ2) is 7.08. The third-order valence-electron chi connectivity index (χ3n) is 2.83. The molecule has 0 N–H and O–H groups in total. The highest BCUT2D eigenvalue weighted by atomic mass is 32.2. The summed E-state index contributed by atoms with van der Waals surface area (Å²) in [6, 6.07) is 7.53. The van der Waals surface area contributed by atoms with Crippen LogP contribution in [0.3, 0.4) is 0 Å². The number of ether oxygens (including phenoxy) is 2. The number of methoxy groups -OCH3 is 1. The Morgan fingerprint density at radius 3 is 2.57 bits per heavy atom. The predicted molar refractivity (Wildman–Crippen MR) is 81.1 cm³/mol. The number of hydrogen-bond acceptors (Lipinski definition) is 6. The van der Waals surface area contributed by atoms with Gasteiger partial charge in [0.2, 0.25) is 5.88 Å². The molecule has 0 aliphatic rings. The maximum Gasteiger partial charge on any atom is 0.228 e. The van der Waals surface area contributed by atoms with Crippen LogP contribution < -0.4 is 9.47 Å². The van der Waals surface area contributed by atoms with Crippen LogP contribution in [0, 0.1) is 0 Å². The Balaban J connectivity index is 2.15. The van der Waals surface area contributed by atoms with E-state index >= 15 is 0 Å². The molecule has 0 radical (unpaired) electrons.